The first kappa shape index (κ1) is 20.7. The van der Waals surface area contributed by atoms with E-state index in [1.165, 1.54) is 0 Å². The van der Waals surface area contributed by atoms with E-state index in [-0.39, 0.29) is 18.4 Å². The van der Waals surface area contributed by atoms with Crippen molar-refractivity contribution < 1.29 is 19.1 Å². The third-order valence-electron chi connectivity index (χ3n) is 3.47. The molecule has 0 aromatic heterocycles. The Bertz CT molecular complexity index is 377. The lowest BCUT2D eigenvalue weighted by Gasteiger charge is -2.36. The molecule has 0 spiro atoms. The first-order valence-electron chi connectivity index (χ1n) is 7.81. The molecule has 0 rings (SSSR count). The van der Waals surface area contributed by atoms with Crippen LogP contribution < -0.4 is 10.6 Å². The molecule has 0 aliphatic rings. The van der Waals surface area contributed by atoms with Crippen LogP contribution in [0.3, 0.4) is 0 Å². The maximum absolute atomic E-state index is 12.1. The van der Waals surface area contributed by atoms with Crippen LogP contribution in [0.15, 0.2) is 0 Å². The molecule has 0 fully saturated rings. The van der Waals surface area contributed by atoms with Crippen molar-refractivity contribution in [1.29, 1.82) is 0 Å². The van der Waals surface area contributed by atoms with Gasteiger partial charge in [0.25, 0.3) is 0 Å². The van der Waals surface area contributed by atoms with Gasteiger partial charge in [-0.25, -0.2) is 4.79 Å². The molecule has 0 radical (unpaired) electrons. The Hall–Kier alpha value is -1.30. The Morgan fingerprint density at radius 2 is 1.64 bits per heavy atom. The number of nitrogens with one attached hydrogen (secondary N) is 2. The summed E-state index contributed by atoms with van der Waals surface area (Å²) in [6.45, 7) is 15.6. The first-order chi connectivity index (χ1) is 9.91. The smallest absolute Gasteiger partial charge is 0.407 e. The summed E-state index contributed by atoms with van der Waals surface area (Å²) in [5, 5.41) is 5.68. The van der Waals surface area contributed by atoms with Crippen molar-refractivity contribution in [2.24, 2.45) is 5.92 Å². The van der Waals surface area contributed by atoms with Crippen LogP contribution in [0.2, 0.25) is 0 Å². The third-order valence-corrected chi connectivity index (χ3v) is 3.47. The lowest BCUT2D eigenvalue weighted by atomic mass is 9.88. The fraction of sp³-hybridized carbons (Fsp3) is 0.875. The third kappa shape index (κ3) is 7.64. The standard InChI is InChI=1S/C16H32N2O4/c1-9-21-12(4)13(19)18-16(8,11(2)3)10-17-14(20)22-15(5,6)7/h11-12H,9-10H2,1-8H3,(H,17,20)(H,18,19)/t12-,16+/m1/s1. The van der Waals surface area contributed by atoms with Gasteiger partial charge in [0.1, 0.15) is 11.7 Å². The van der Waals surface area contributed by atoms with E-state index in [2.05, 4.69) is 10.6 Å². The van der Waals surface area contributed by atoms with Gasteiger partial charge in [0.15, 0.2) is 0 Å². The monoisotopic (exact) mass is 316 g/mol. The second kappa shape index (κ2) is 8.36. The summed E-state index contributed by atoms with van der Waals surface area (Å²) in [5.74, 6) is -0.0655. The van der Waals surface area contributed by atoms with E-state index in [0.29, 0.717) is 6.61 Å². The quantitative estimate of drug-likeness (QED) is 0.756. The van der Waals surface area contributed by atoms with Crippen molar-refractivity contribution in [2.45, 2.75) is 72.6 Å². The van der Waals surface area contributed by atoms with Crippen LogP contribution in [0.5, 0.6) is 0 Å². The summed E-state index contributed by atoms with van der Waals surface area (Å²) in [6, 6.07) is 0. The van der Waals surface area contributed by atoms with E-state index in [9.17, 15) is 9.59 Å². The normalized spacial score (nSPS) is 15.9. The number of rotatable bonds is 7. The van der Waals surface area contributed by atoms with Crippen LogP contribution in [0, 0.1) is 5.92 Å². The molecule has 6 nitrogen and oxygen atoms in total. The van der Waals surface area contributed by atoms with Crippen LogP contribution in [-0.2, 0) is 14.3 Å². The van der Waals surface area contributed by atoms with Gasteiger partial charge in [-0.1, -0.05) is 13.8 Å². The highest BCUT2D eigenvalue weighted by molar-refractivity contribution is 5.81. The molecule has 0 aromatic rings. The summed E-state index contributed by atoms with van der Waals surface area (Å²) in [6.07, 6.45) is -1.02. The minimum atomic E-state index is -0.584. The maximum Gasteiger partial charge on any atom is 0.407 e. The molecule has 0 saturated heterocycles. The van der Waals surface area contributed by atoms with Gasteiger partial charge in [-0.05, 0) is 47.5 Å². The molecule has 0 aliphatic carbocycles. The lowest BCUT2D eigenvalue weighted by Crippen LogP contribution is -2.59. The van der Waals surface area contributed by atoms with Gasteiger partial charge < -0.3 is 20.1 Å². The second-order valence-electron chi connectivity index (χ2n) is 7.01. The lowest BCUT2D eigenvalue weighted by molar-refractivity contribution is -0.133. The first-order valence-corrected chi connectivity index (χ1v) is 7.81. The summed E-state index contributed by atoms with van der Waals surface area (Å²) < 4.78 is 10.5. The van der Waals surface area contributed by atoms with E-state index in [1.807, 2.05) is 27.7 Å². The highest BCUT2D eigenvalue weighted by Crippen LogP contribution is 2.16. The van der Waals surface area contributed by atoms with Gasteiger partial charge in [-0.2, -0.15) is 0 Å². The van der Waals surface area contributed by atoms with Crippen molar-refractivity contribution in [3.8, 4) is 0 Å². The van der Waals surface area contributed by atoms with Gasteiger partial charge in [0.05, 0.1) is 5.54 Å². The number of hydrogen-bond donors (Lipinski definition) is 2. The Morgan fingerprint density at radius 1 is 1.09 bits per heavy atom. The maximum atomic E-state index is 12.1. The molecule has 0 bridgehead atoms. The topological polar surface area (TPSA) is 76.7 Å². The fourth-order valence-electron chi connectivity index (χ4n) is 1.67. The van der Waals surface area contributed by atoms with Crippen LogP contribution in [-0.4, -0.2) is 42.4 Å². The molecule has 2 amide bonds. The molecular formula is C16H32N2O4. The zero-order valence-corrected chi connectivity index (χ0v) is 15.2. The Kier molecular flexibility index (Phi) is 7.87. The number of carbonyl (C=O) groups is 2. The van der Waals surface area contributed by atoms with Gasteiger partial charge in [0, 0.05) is 13.2 Å². The van der Waals surface area contributed by atoms with Crippen LogP contribution in [0.25, 0.3) is 0 Å². The second-order valence-corrected chi connectivity index (χ2v) is 7.01. The van der Waals surface area contributed by atoms with E-state index < -0.39 is 23.3 Å². The van der Waals surface area contributed by atoms with E-state index in [4.69, 9.17) is 9.47 Å². The number of alkyl carbamates (subject to hydrolysis) is 1. The summed E-state index contributed by atoms with van der Waals surface area (Å²) in [7, 11) is 0. The Morgan fingerprint density at radius 3 is 2.05 bits per heavy atom. The predicted molar refractivity (Wildman–Crippen MR) is 86.7 cm³/mol. The number of carbonyl (C=O) groups excluding carboxylic acids is 2. The highest BCUT2D eigenvalue weighted by Gasteiger charge is 2.32. The van der Waals surface area contributed by atoms with Crippen molar-refractivity contribution in [3.63, 3.8) is 0 Å². The number of hydrogen-bond acceptors (Lipinski definition) is 4. The SMILES string of the molecule is CCO[C@H](C)C(=O)N[C@@](C)(CNC(=O)OC(C)(C)C)C(C)C. The van der Waals surface area contributed by atoms with Gasteiger partial charge in [-0.3, -0.25) is 4.79 Å². The van der Waals surface area contributed by atoms with E-state index in [0.717, 1.165) is 0 Å². The van der Waals surface area contributed by atoms with Crippen LogP contribution in [0.4, 0.5) is 4.79 Å². The van der Waals surface area contributed by atoms with E-state index >= 15 is 0 Å². The Labute approximate surface area is 134 Å². The zero-order valence-electron chi connectivity index (χ0n) is 15.2. The number of ether oxygens (including phenoxy) is 2. The minimum absolute atomic E-state index is 0.125. The molecule has 0 heterocycles. The molecule has 6 heteroatoms. The van der Waals surface area contributed by atoms with Crippen molar-refractivity contribution in [1.82, 2.24) is 10.6 Å². The summed E-state index contributed by atoms with van der Waals surface area (Å²) >= 11 is 0. The predicted octanol–water partition coefficient (Wildman–Crippen LogP) is 2.47. The molecule has 0 aromatic carbocycles. The Balaban J connectivity index is 4.69. The molecule has 22 heavy (non-hydrogen) atoms. The van der Waals surface area contributed by atoms with Gasteiger partial charge in [0.2, 0.25) is 5.91 Å². The molecule has 0 unspecified atom stereocenters. The fourth-order valence-corrected chi connectivity index (χ4v) is 1.67. The molecule has 0 saturated carbocycles. The minimum Gasteiger partial charge on any atom is -0.444 e. The molecule has 0 aliphatic heterocycles. The van der Waals surface area contributed by atoms with E-state index in [1.54, 1.807) is 27.7 Å². The van der Waals surface area contributed by atoms with Gasteiger partial charge in [-0.15, -0.1) is 0 Å². The summed E-state index contributed by atoms with van der Waals surface area (Å²) in [4.78, 5) is 23.9. The molecule has 2 atom stereocenters. The van der Waals surface area contributed by atoms with Crippen molar-refractivity contribution in [3.05, 3.63) is 0 Å². The molecule has 130 valence electrons. The average Bonchev–Trinajstić information content (AvgIpc) is 2.34. The van der Waals surface area contributed by atoms with Crippen LogP contribution >= 0.6 is 0 Å². The average molecular weight is 316 g/mol. The van der Waals surface area contributed by atoms with Crippen molar-refractivity contribution >= 4 is 12.0 Å². The molecule has 2 N–H and O–H groups in total. The highest BCUT2D eigenvalue weighted by atomic mass is 16.6. The number of amides is 2. The molecular weight excluding hydrogens is 284 g/mol. The summed E-state index contributed by atoms with van der Waals surface area (Å²) in [5.41, 5.74) is -1.13. The van der Waals surface area contributed by atoms with Crippen LogP contribution in [0.1, 0.15) is 55.4 Å². The van der Waals surface area contributed by atoms with Gasteiger partial charge >= 0.3 is 6.09 Å². The van der Waals surface area contributed by atoms with Crippen molar-refractivity contribution in [2.75, 3.05) is 13.2 Å². The largest absolute Gasteiger partial charge is 0.444 e. The zero-order chi connectivity index (χ0) is 17.6.